The van der Waals surface area contributed by atoms with Gasteiger partial charge in [0.15, 0.2) is 0 Å². The molecule has 1 aliphatic rings. The van der Waals surface area contributed by atoms with Crippen LogP contribution < -0.4 is 10.9 Å². The molecule has 74 valence electrons. The maximum atomic E-state index is 9.35. The second kappa shape index (κ2) is 2.79. The Morgan fingerprint density at radius 1 is 1.21 bits per heavy atom. The van der Waals surface area contributed by atoms with Gasteiger partial charge in [0.05, 0.1) is 11.9 Å². The Morgan fingerprint density at radius 2 is 1.93 bits per heavy atom. The zero-order chi connectivity index (χ0) is 10.3. The maximum Gasteiger partial charge on any atom is 0.140 e. The molecule has 5 N–H and O–H groups in total. The van der Waals surface area contributed by atoms with E-state index in [2.05, 4.69) is 0 Å². The summed E-state index contributed by atoms with van der Waals surface area (Å²) in [5.41, 5.74) is 6.54. The van der Waals surface area contributed by atoms with Gasteiger partial charge in [0.2, 0.25) is 0 Å². The summed E-state index contributed by atoms with van der Waals surface area (Å²) >= 11 is 0. The first-order chi connectivity index (χ1) is 6.59. The molecule has 0 saturated heterocycles. The summed E-state index contributed by atoms with van der Waals surface area (Å²) in [6, 6.07) is 2.76. The number of fused-ring (bicyclic) bond motifs is 1. The number of nitrogens with zero attached hydrogens (tertiary/aromatic N) is 2. The normalized spacial score (nSPS) is 14.4. The number of aromatic hydroxyl groups is 1. The van der Waals surface area contributed by atoms with Crippen LogP contribution >= 0.6 is 0 Å². The quantitative estimate of drug-likeness (QED) is 0.361. The lowest BCUT2D eigenvalue weighted by Crippen LogP contribution is -2.35. The lowest BCUT2D eigenvalue weighted by atomic mass is 10.1. The predicted molar refractivity (Wildman–Crippen MR) is 49.4 cm³/mol. The van der Waals surface area contributed by atoms with E-state index in [9.17, 15) is 10.3 Å². The number of nitrogens with two attached hydrogens (primary N) is 1. The van der Waals surface area contributed by atoms with Crippen molar-refractivity contribution in [1.82, 2.24) is 5.17 Å². The topological polar surface area (TPSA) is 93.2 Å². The van der Waals surface area contributed by atoms with Crippen LogP contribution in [0.15, 0.2) is 18.3 Å². The van der Waals surface area contributed by atoms with Gasteiger partial charge in [0.1, 0.15) is 11.4 Å². The fraction of sp³-hybridized carbons (Fsp3) is 0. The molecule has 14 heavy (non-hydrogen) atoms. The second-order valence-electron chi connectivity index (χ2n) is 2.90. The average molecular weight is 195 g/mol. The first-order valence-corrected chi connectivity index (χ1v) is 3.87. The molecule has 1 heterocycles. The summed E-state index contributed by atoms with van der Waals surface area (Å²) in [4.78, 5) is 0. The molecule has 6 nitrogen and oxygen atoms in total. The van der Waals surface area contributed by atoms with Gasteiger partial charge in [-0.15, -0.1) is 10.3 Å². The number of hydrogen-bond donors (Lipinski definition) is 4. The molecule has 0 aliphatic carbocycles. The zero-order valence-electron chi connectivity index (χ0n) is 7.12. The molecule has 0 spiro atoms. The highest BCUT2D eigenvalue weighted by Crippen LogP contribution is 2.33. The Morgan fingerprint density at radius 3 is 2.64 bits per heavy atom. The fourth-order valence-electron chi connectivity index (χ4n) is 1.24. The Kier molecular flexibility index (Phi) is 1.73. The molecule has 0 amide bonds. The first-order valence-electron chi connectivity index (χ1n) is 3.87. The zero-order valence-corrected chi connectivity index (χ0v) is 7.12. The number of phenolic OH excluding ortho intramolecular Hbond substituents is 1. The van der Waals surface area contributed by atoms with Crippen LogP contribution in [0, 0.1) is 0 Å². The van der Waals surface area contributed by atoms with E-state index in [1.807, 2.05) is 0 Å². The molecule has 0 saturated carbocycles. The van der Waals surface area contributed by atoms with Crippen LogP contribution in [-0.4, -0.2) is 20.7 Å². The van der Waals surface area contributed by atoms with E-state index in [4.69, 9.17) is 10.9 Å². The van der Waals surface area contributed by atoms with Crippen molar-refractivity contribution < 1.29 is 15.5 Å². The van der Waals surface area contributed by atoms with Gasteiger partial charge < -0.3 is 10.8 Å². The van der Waals surface area contributed by atoms with Crippen molar-refractivity contribution in [1.29, 1.82) is 0 Å². The number of phenols is 1. The first kappa shape index (κ1) is 8.67. The maximum absolute atomic E-state index is 9.35. The van der Waals surface area contributed by atoms with Gasteiger partial charge >= 0.3 is 0 Å². The highest BCUT2D eigenvalue weighted by molar-refractivity contribution is 5.75. The smallest absolute Gasteiger partial charge is 0.140 e. The standard InChI is InChI=1S/C8H9N3O3/c9-6-3-5-1-2-10(13)11(14)7(5)4-8(6)12/h1-4,12-14H,9H2. The largest absolute Gasteiger partial charge is 0.506 e. The molecular formula is C8H9N3O3. The van der Waals surface area contributed by atoms with E-state index in [1.54, 1.807) is 6.08 Å². The van der Waals surface area contributed by atoms with Gasteiger partial charge in [-0.1, -0.05) is 0 Å². The Hall–Kier alpha value is -1.92. The summed E-state index contributed by atoms with van der Waals surface area (Å²) in [5, 5.41) is 28.7. The Balaban J connectivity index is 2.58. The van der Waals surface area contributed by atoms with Crippen molar-refractivity contribution in [2.75, 3.05) is 10.9 Å². The predicted octanol–water partition coefficient (Wildman–Crippen LogP) is 0.761. The lowest BCUT2D eigenvalue weighted by Gasteiger charge is -2.28. The summed E-state index contributed by atoms with van der Waals surface area (Å²) < 4.78 is 0. The van der Waals surface area contributed by atoms with Gasteiger partial charge in [-0.25, -0.2) is 0 Å². The molecule has 6 heteroatoms. The third kappa shape index (κ3) is 1.13. The van der Waals surface area contributed by atoms with Crippen molar-refractivity contribution >= 4 is 17.5 Å². The molecule has 0 unspecified atom stereocenters. The van der Waals surface area contributed by atoms with Crippen molar-refractivity contribution in [2.24, 2.45) is 0 Å². The van der Waals surface area contributed by atoms with Gasteiger partial charge in [0, 0.05) is 11.6 Å². The van der Waals surface area contributed by atoms with Gasteiger partial charge in [-0.05, 0) is 12.1 Å². The molecule has 1 aromatic carbocycles. The monoisotopic (exact) mass is 195 g/mol. The van der Waals surface area contributed by atoms with E-state index in [0.717, 1.165) is 0 Å². The minimum Gasteiger partial charge on any atom is -0.506 e. The molecular weight excluding hydrogens is 186 g/mol. The molecule has 0 radical (unpaired) electrons. The van der Waals surface area contributed by atoms with Crippen LogP contribution in [0.2, 0.25) is 0 Å². The third-order valence-electron chi connectivity index (χ3n) is 1.97. The van der Waals surface area contributed by atoms with Crippen molar-refractivity contribution in [2.45, 2.75) is 0 Å². The van der Waals surface area contributed by atoms with Gasteiger partial charge in [0.25, 0.3) is 0 Å². The van der Waals surface area contributed by atoms with E-state index in [0.29, 0.717) is 15.9 Å². The summed E-state index contributed by atoms with van der Waals surface area (Å²) in [6.45, 7) is 0. The molecule has 0 atom stereocenters. The third-order valence-corrected chi connectivity index (χ3v) is 1.97. The van der Waals surface area contributed by atoms with Crippen molar-refractivity contribution in [3.63, 3.8) is 0 Å². The van der Waals surface area contributed by atoms with Gasteiger partial charge in [-0.2, -0.15) is 0 Å². The average Bonchev–Trinajstić information content (AvgIpc) is 2.15. The lowest BCUT2D eigenvalue weighted by molar-refractivity contribution is -0.122. The highest BCUT2D eigenvalue weighted by Gasteiger charge is 2.18. The van der Waals surface area contributed by atoms with E-state index >= 15 is 0 Å². The number of hydrazine groups is 1. The highest BCUT2D eigenvalue weighted by atomic mass is 16.7. The van der Waals surface area contributed by atoms with E-state index in [-0.39, 0.29) is 17.1 Å². The van der Waals surface area contributed by atoms with Crippen LogP contribution in [0.3, 0.4) is 0 Å². The number of nitrogen functional groups attached to an aromatic ring is 1. The number of hydrogen-bond acceptors (Lipinski definition) is 6. The number of rotatable bonds is 0. The van der Waals surface area contributed by atoms with E-state index in [1.165, 1.54) is 18.3 Å². The minimum atomic E-state index is -0.147. The van der Waals surface area contributed by atoms with Crippen molar-refractivity contribution in [3.8, 4) is 5.75 Å². The van der Waals surface area contributed by atoms with Crippen LogP contribution in [0.4, 0.5) is 11.4 Å². The number of benzene rings is 1. The molecule has 0 bridgehead atoms. The molecule has 1 aliphatic heterocycles. The Labute approximate surface area is 79.6 Å². The molecule has 2 rings (SSSR count). The Bertz CT molecular complexity index is 405. The van der Waals surface area contributed by atoms with Gasteiger partial charge in [-0.3, -0.25) is 10.4 Å². The van der Waals surface area contributed by atoms with E-state index < -0.39 is 0 Å². The molecule has 1 aromatic rings. The van der Waals surface area contributed by atoms with Crippen LogP contribution in [0.1, 0.15) is 5.56 Å². The number of anilines is 2. The van der Waals surface area contributed by atoms with Crippen LogP contribution in [0.25, 0.3) is 6.08 Å². The molecule has 0 fully saturated rings. The van der Waals surface area contributed by atoms with Crippen LogP contribution in [0.5, 0.6) is 5.75 Å². The fourth-order valence-corrected chi connectivity index (χ4v) is 1.24. The summed E-state index contributed by atoms with van der Waals surface area (Å²) in [5.74, 6) is -0.147. The summed E-state index contributed by atoms with van der Waals surface area (Å²) in [7, 11) is 0. The minimum absolute atomic E-state index is 0.147. The second-order valence-corrected chi connectivity index (χ2v) is 2.90. The molecule has 0 aromatic heterocycles. The summed E-state index contributed by atoms with van der Waals surface area (Å²) in [6.07, 6.45) is 2.80. The van der Waals surface area contributed by atoms with Crippen molar-refractivity contribution in [3.05, 3.63) is 23.9 Å². The van der Waals surface area contributed by atoms with Crippen LogP contribution in [-0.2, 0) is 0 Å². The number of hydroxylamine groups is 1. The SMILES string of the molecule is Nc1cc2c(cc1O)N(O)N(O)C=C2.